The number of carbonyl (C=O) groups excluding carboxylic acids is 1. The lowest BCUT2D eigenvalue weighted by Crippen LogP contribution is -2.32. The van der Waals surface area contributed by atoms with Gasteiger partial charge in [0.2, 0.25) is 0 Å². The summed E-state index contributed by atoms with van der Waals surface area (Å²) < 4.78 is 0. The molecule has 22 heavy (non-hydrogen) atoms. The predicted octanol–water partition coefficient (Wildman–Crippen LogP) is 4.13. The molecule has 0 aliphatic heterocycles. The summed E-state index contributed by atoms with van der Waals surface area (Å²) in [5, 5.41) is 8.59. The Morgan fingerprint density at radius 3 is 2.73 bits per heavy atom. The van der Waals surface area contributed by atoms with Crippen LogP contribution in [0.4, 0.5) is 0 Å². The van der Waals surface area contributed by atoms with Crippen LogP contribution in [0.25, 0.3) is 0 Å². The summed E-state index contributed by atoms with van der Waals surface area (Å²) in [6, 6.07) is 12.5. The Labute approximate surface area is 136 Å². The number of carbonyl (C=O) groups is 1. The second-order valence-corrected chi connectivity index (χ2v) is 6.58. The first-order valence-corrected chi connectivity index (χ1v) is 8.64. The topological polar surface area (TPSA) is 41.1 Å². The van der Waals surface area contributed by atoms with Gasteiger partial charge in [0.15, 0.2) is 0 Å². The van der Waals surface area contributed by atoms with Gasteiger partial charge in [-0.2, -0.15) is 0 Å². The monoisotopic (exact) mass is 316 g/mol. The van der Waals surface area contributed by atoms with Crippen LogP contribution in [0.15, 0.2) is 41.8 Å². The lowest BCUT2D eigenvalue weighted by molar-refractivity contribution is 0.0939. The van der Waals surface area contributed by atoms with E-state index in [4.69, 9.17) is 0 Å². The van der Waals surface area contributed by atoms with Crippen LogP contribution in [-0.4, -0.2) is 11.9 Å². The molecule has 0 unspecified atom stereocenters. The van der Waals surface area contributed by atoms with E-state index >= 15 is 0 Å². The molecule has 0 bridgehead atoms. The van der Waals surface area contributed by atoms with E-state index in [1.54, 1.807) is 11.3 Å². The van der Waals surface area contributed by atoms with Gasteiger partial charge in [-0.15, -0.1) is 11.3 Å². The quantitative estimate of drug-likeness (QED) is 0.806. The third-order valence-electron chi connectivity index (χ3n) is 3.76. The number of benzene rings is 1. The molecule has 2 aromatic rings. The van der Waals surface area contributed by atoms with Crippen LogP contribution >= 0.6 is 11.3 Å². The molecular formula is C18H24N2OS. The summed E-state index contributed by atoms with van der Waals surface area (Å²) in [5.41, 5.74) is 1.85. The second-order valence-electron chi connectivity index (χ2n) is 5.60. The maximum atomic E-state index is 12.2. The number of thiophene rings is 1. The number of rotatable bonds is 7. The molecule has 0 aliphatic rings. The van der Waals surface area contributed by atoms with Crippen molar-refractivity contribution >= 4 is 17.2 Å². The van der Waals surface area contributed by atoms with E-state index in [1.807, 2.05) is 31.2 Å². The van der Waals surface area contributed by atoms with Crippen LogP contribution in [-0.2, 0) is 6.54 Å². The minimum atomic E-state index is 0.00232. The van der Waals surface area contributed by atoms with Crippen molar-refractivity contribution in [2.24, 2.45) is 0 Å². The summed E-state index contributed by atoms with van der Waals surface area (Å²) in [6.07, 6.45) is 0.936. The fourth-order valence-electron chi connectivity index (χ4n) is 2.14. The first kappa shape index (κ1) is 16.7. The molecule has 2 rings (SSSR count). The van der Waals surface area contributed by atoms with Crippen molar-refractivity contribution in [3.8, 4) is 0 Å². The van der Waals surface area contributed by atoms with Crippen LogP contribution in [0.2, 0.25) is 0 Å². The fraction of sp³-hybridized carbons (Fsp3) is 0.389. The summed E-state index contributed by atoms with van der Waals surface area (Å²) in [4.78, 5) is 13.5. The number of nitrogens with one attached hydrogen (secondary N) is 2. The number of hydrogen-bond acceptors (Lipinski definition) is 3. The van der Waals surface area contributed by atoms with Gasteiger partial charge < -0.3 is 10.6 Å². The standard InChI is InChI=1S/C18H24N2OS/c1-4-13(2)20-18(21)16-8-5-7-15(11-16)12-19-14(3)17-9-6-10-22-17/h5-11,13-14,19H,4,12H2,1-3H3,(H,20,21)/t13-,14-/m0/s1. The highest BCUT2D eigenvalue weighted by atomic mass is 32.1. The molecule has 0 fully saturated rings. The van der Waals surface area contributed by atoms with E-state index in [9.17, 15) is 4.79 Å². The Morgan fingerprint density at radius 2 is 2.05 bits per heavy atom. The molecular weight excluding hydrogens is 292 g/mol. The Kier molecular flexibility index (Phi) is 6.16. The van der Waals surface area contributed by atoms with Crippen molar-refractivity contribution in [2.75, 3.05) is 0 Å². The highest BCUT2D eigenvalue weighted by molar-refractivity contribution is 7.10. The van der Waals surface area contributed by atoms with Gasteiger partial charge in [0, 0.05) is 29.1 Å². The molecule has 118 valence electrons. The summed E-state index contributed by atoms with van der Waals surface area (Å²) in [5.74, 6) is 0.00232. The van der Waals surface area contributed by atoms with E-state index in [0.29, 0.717) is 6.04 Å². The zero-order chi connectivity index (χ0) is 15.9. The van der Waals surface area contributed by atoms with Crippen LogP contribution in [0.5, 0.6) is 0 Å². The molecule has 1 amide bonds. The summed E-state index contributed by atoms with van der Waals surface area (Å²) in [7, 11) is 0. The number of hydrogen-bond donors (Lipinski definition) is 2. The van der Waals surface area contributed by atoms with Crippen molar-refractivity contribution in [2.45, 2.75) is 45.8 Å². The molecule has 1 aromatic carbocycles. The average molecular weight is 316 g/mol. The molecule has 3 nitrogen and oxygen atoms in total. The Bertz CT molecular complexity index is 595. The van der Waals surface area contributed by atoms with Crippen molar-refractivity contribution in [3.63, 3.8) is 0 Å². The smallest absolute Gasteiger partial charge is 0.251 e. The van der Waals surface area contributed by atoms with E-state index < -0.39 is 0 Å². The molecule has 2 atom stereocenters. The highest BCUT2D eigenvalue weighted by Gasteiger charge is 2.10. The molecule has 0 spiro atoms. The molecule has 1 aromatic heterocycles. The van der Waals surface area contributed by atoms with Crippen molar-refractivity contribution in [1.29, 1.82) is 0 Å². The van der Waals surface area contributed by atoms with Gasteiger partial charge >= 0.3 is 0 Å². The minimum Gasteiger partial charge on any atom is -0.350 e. The van der Waals surface area contributed by atoms with Gasteiger partial charge in [0.25, 0.3) is 5.91 Å². The molecule has 0 radical (unpaired) electrons. The fourth-order valence-corrected chi connectivity index (χ4v) is 2.90. The van der Waals surface area contributed by atoms with Crippen LogP contribution in [0, 0.1) is 0 Å². The zero-order valence-corrected chi connectivity index (χ0v) is 14.2. The van der Waals surface area contributed by atoms with Crippen molar-refractivity contribution < 1.29 is 4.79 Å². The van der Waals surface area contributed by atoms with Gasteiger partial charge in [-0.1, -0.05) is 25.1 Å². The van der Waals surface area contributed by atoms with Gasteiger partial charge in [0.1, 0.15) is 0 Å². The number of amides is 1. The molecule has 0 saturated carbocycles. The zero-order valence-electron chi connectivity index (χ0n) is 13.4. The van der Waals surface area contributed by atoms with Gasteiger partial charge in [0.05, 0.1) is 0 Å². The summed E-state index contributed by atoms with van der Waals surface area (Å²) >= 11 is 1.76. The van der Waals surface area contributed by atoms with Crippen molar-refractivity contribution in [3.05, 3.63) is 57.8 Å². The Morgan fingerprint density at radius 1 is 1.23 bits per heavy atom. The van der Waals surface area contributed by atoms with Crippen LogP contribution < -0.4 is 10.6 Å². The summed E-state index contributed by atoms with van der Waals surface area (Å²) in [6.45, 7) is 7.00. The molecule has 2 N–H and O–H groups in total. The molecule has 4 heteroatoms. The normalized spacial score (nSPS) is 13.6. The highest BCUT2D eigenvalue weighted by Crippen LogP contribution is 2.18. The van der Waals surface area contributed by atoms with E-state index in [0.717, 1.165) is 24.1 Å². The third kappa shape index (κ3) is 4.68. The minimum absolute atomic E-state index is 0.00232. The van der Waals surface area contributed by atoms with Gasteiger partial charge in [-0.05, 0) is 49.4 Å². The Hall–Kier alpha value is -1.65. The van der Waals surface area contributed by atoms with Gasteiger partial charge in [-0.3, -0.25) is 4.79 Å². The van der Waals surface area contributed by atoms with Gasteiger partial charge in [-0.25, -0.2) is 0 Å². The van der Waals surface area contributed by atoms with E-state index in [1.165, 1.54) is 4.88 Å². The first-order chi connectivity index (χ1) is 10.6. The third-order valence-corrected chi connectivity index (χ3v) is 4.82. The van der Waals surface area contributed by atoms with Crippen LogP contribution in [0.3, 0.4) is 0 Å². The lowest BCUT2D eigenvalue weighted by Gasteiger charge is -2.14. The molecule has 0 aliphatic carbocycles. The SMILES string of the molecule is CC[C@H](C)NC(=O)c1cccc(CN[C@@H](C)c2cccs2)c1. The maximum Gasteiger partial charge on any atom is 0.251 e. The predicted molar refractivity (Wildman–Crippen MR) is 93.2 cm³/mol. The Balaban J connectivity index is 1.95. The van der Waals surface area contributed by atoms with E-state index in [-0.39, 0.29) is 11.9 Å². The first-order valence-electron chi connectivity index (χ1n) is 7.76. The van der Waals surface area contributed by atoms with Crippen molar-refractivity contribution in [1.82, 2.24) is 10.6 Å². The second kappa shape index (κ2) is 8.11. The van der Waals surface area contributed by atoms with E-state index in [2.05, 4.69) is 42.0 Å². The molecule has 1 heterocycles. The molecule has 0 saturated heterocycles. The largest absolute Gasteiger partial charge is 0.350 e. The lowest BCUT2D eigenvalue weighted by atomic mass is 10.1. The van der Waals surface area contributed by atoms with Crippen LogP contribution in [0.1, 0.15) is 54.0 Å². The average Bonchev–Trinajstić information content (AvgIpc) is 3.07. The maximum absolute atomic E-state index is 12.2.